The first-order valence-corrected chi connectivity index (χ1v) is 15.2. The minimum Gasteiger partial charge on any atom is -0.309 e. The summed E-state index contributed by atoms with van der Waals surface area (Å²) in [4.78, 5) is 0. The van der Waals surface area contributed by atoms with E-state index in [1.54, 1.807) is 0 Å². The number of para-hydroxylation sites is 1. The summed E-state index contributed by atoms with van der Waals surface area (Å²) >= 11 is 1.91. The van der Waals surface area contributed by atoms with E-state index in [4.69, 9.17) is 0 Å². The van der Waals surface area contributed by atoms with Gasteiger partial charge in [-0.15, -0.1) is 11.3 Å². The molecule has 0 spiro atoms. The van der Waals surface area contributed by atoms with E-state index in [1.165, 1.54) is 80.7 Å². The molecule has 0 aliphatic carbocycles. The molecule has 1 nitrogen and oxygen atoms in total. The van der Waals surface area contributed by atoms with E-state index in [0.717, 1.165) is 0 Å². The zero-order valence-corrected chi connectivity index (χ0v) is 23.6. The topological polar surface area (TPSA) is 4.93 Å². The standard InChI is InChI=1S/C40H25NS/c1-3-11-26(12-4-1)29-21-30(27-13-5-2-6-14-27)23-31(22-29)41-37-18-10-9-17-33(37)35-24-36-34-20-19-28-15-7-8-16-32(28)40(34)42-39(36)25-38(35)41/h1-25H. The van der Waals surface area contributed by atoms with Crippen molar-refractivity contribution in [2.45, 2.75) is 0 Å². The Morgan fingerprint density at radius 1 is 0.381 bits per heavy atom. The first kappa shape index (κ1) is 23.5. The molecule has 42 heavy (non-hydrogen) atoms. The fraction of sp³-hybridized carbons (Fsp3) is 0. The minimum absolute atomic E-state index is 1.17. The highest BCUT2D eigenvalue weighted by Gasteiger charge is 2.17. The molecule has 2 heteroatoms. The van der Waals surface area contributed by atoms with Crippen LogP contribution >= 0.6 is 11.3 Å². The average molecular weight is 552 g/mol. The molecule has 0 amide bonds. The minimum atomic E-state index is 1.17. The van der Waals surface area contributed by atoms with Crippen molar-refractivity contribution in [3.63, 3.8) is 0 Å². The lowest BCUT2D eigenvalue weighted by Crippen LogP contribution is -1.96. The molecule has 0 N–H and O–H groups in total. The van der Waals surface area contributed by atoms with Crippen LogP contribution in [0.4, 0.5) is 0 Å². The van der Waals surface area contributed by atoms with Crippen LogP contribution in [0.1, 0.15) is 0 Å². The fourth-order valence-corrected chi connectivity index (χ4v) is 7.83. The second-order valence-corrected chi connectivity index (χ2v) is 12.0. The maximum atomic E-state index is 2.46. The normalized spacial score (nSPS) is 11.8. The molecule has 0 saturated heterocycles. The van der Waals surface area contributed by atoms with Gasteiger partial charge < -0.3 is 4.57 Å². The van der Waals surface area contributed by atoms with Crippen molar-refractivity contribution in [1.82, 2.24) is 4.57 Å². The van der Waals surface area contributed by atoms with Gasteiger partial charge >= 0.3 is 0 Å². The second-order valence-electron chi connectivity index (χ2n) is 11.0. The highest BCUT2D eigenvalue weighted by Crippen LogP contribution is 2.43. The van der Waals surface area contributed by atoms with Crippen molar-refractivity contribution >= 4 is 64.1 Å². The number of nitrogens with zero attached hydrogens (tertiary/aromatic N) is 1. The number of rotatable bonds is 3. The molecule has 9 aromatic rings. The highest BCUT2D eigenvalue weighted by atomic mass is 32.1. The third kappa shape index (κ3) is 3.56. The molecule has 0 atom stereocenters. The van der Waals surface area contributed by atoms with E-state index in [-0.39, 0.29) is 0 Å². The van der Waals surface area contributed by atoms with Crippen molar-refractivity contribution in [3.8, 4) is 27.9 Å². The lowest BCUT2D eigenvalue weighted by molar-refractivity contribution is 1.18. The Bertz CT molecular complexity index is 2390. The zero-order chi connectivity index (χ0) is 27.6. The number of aromatic nitrogens is 1. The molecule has 9 rings (SSSR count). The third-order valence-corrected chi connectivity index (χ3v) is 9.75. The van der Waals surface area contributed by atoms with Gasteiger partial charge in [0.2, 0.25) is 0 Å². The van der Waals surface area contributed by atoms with Gasteiger partial charge in [-0.3, -0.25) is 0 Å². The molecule has 2 aromatic heterocycles. The van der Waals surface area contributed by atoms with Gasteiger partial charge in [0.25, 0.3) is 0 Å². The molecule has 0 fully saturated rings. The van der Waals surface area contributed by atoms with Crippen molar-refractivity contribution in [2.75, 3.05) is 0 Å². The van der Waals surface area contributed by atoms with E-state index in [1.807, 2.05) is 11.3 Å². The van der Waals surface area contributed by atoms with Gasteiger partial charge in [-0.1, -0.05) is 115 Å². The van der Waals surface area contributed by atoms with E-state index in [2.05, 4.69) is 156 Å². The summed E-state index contributed by atoms with van der Waals surface area (Å²) in [5.74, 6) is 0. The van der Waals surface area contributed by atoms with E-state index >= 15 is 0 Å². The SMILES string of the molecule is c1ccc(-c2cc(-c3ccccc3)cc(-n3c4ccccc4c4cc5c(cc43)sc3c4ccccc4ccc53)c2)cc1. The van der Waals surface area contributed by atoms with Crippen molar-refractivity contribution in [1.29, 1.82) is 0 Å². The third-order valence-electron chi connectivity index (χ3n) is 8.55. The van der Waals surface area contributed by atoms with Gasteiger partial charge in [-0.2, -0.15) is 0 Å². The van der Waals surface area contributed by atoms with Gasteiger partial charge in [-0.25, -0.2) is 0 Å². The van der Waals surface area contributed by atoms with Crippen LogP contribution in [0.5, 0.6) is 0 Å². The van der Waals surface area contributed by atoms with Gasteiger partial charge in [-0.05, 0) is 69.4 Å². The largest absolute Gasteiger partial charge is 0.309 e. The molecular weight excluding hydrogens is 527 g/mol. The monoisotopic (exact) mass is 551 g/mol. The second kappa shape index (κ2) is 9.17. The van der Waals surface area contributed by atoms with Crippen LogP contribution in [0.2, 0.25) is 0 Å². The molecule has 0 saturated carbocycles. The zero-order valence-electron chi connectivity index (χ0n) is 22.8. The van der Waals surface area contributed by atoms with Crippen LogP contribution < -0.4 is 0 Å². The molecule has 0 bridgehead atoms. The van der Waals surface area contributed by atoms with Crippen molar-refractivity contribution < 1.29 is 0 Å². The maximum absolute atomic E-state index is 2.46. The summed E-state index contributed by atoms with van der Waals surface area (Å²) in [6.07, 6.45) is 0. The first-order valence-electron chi connectivity index (χ1n) is 14.4. The predicted octanol–water partition coefficient (Wildman–Crippen LogP) is 11.6. The Balaban J connectivity index is 1.38. The quantitative estimate of drug-likeness (QED) is 0.206. The summed E-state index contributed by atoms with van der Waals surface area (Å²) in [6.45, 7) is 0. The summed E-state index contributed by atoms with van der Waals surface area (Å²) in [6, 6.07) is 55.4. The lowest BCUT2D eigenvalue weighted by atomic mass is 9.98. The van der Waals surface area contributed by atoms with Gasteiger partial charge in [0, 0.05) is 36.6 Å². The maximum Gasteiger partial charge on any atom is 0.0555 e. The fourth-order valence-electron chi connectivity index (χ4n) is 6.58. The van der Waals surface area contributed by atoms with Crippen LogP contribution in [-0.2, 0) is 0 Å². The average Bonchev–Trinajstić information content (AvgIpc) is 3.59. The van der Waals surface area contributed by atoms with Crippen LogP contribution in [0.3, 0.4) is 0 Å². The molecule has 0 radical (unpaired) electrons. The number of hydrogen-bond donors (Lipinski definition) is 0. The summed E-state index contributed by atoms with van der Waals surface area (Å²) < 4.78 is 5.15. The molecule has 2 heterocycles. The van der Waals surface area contributed by atoms with Gasteiger partial charge in [0.15, 0.2) is 0 Å². The van der Waals surface area contributed by atoms with Crippen LogP contribution in [0, 0.1) is 0 Å². The van der Waals surface area contributed by atoms with Crippen LogP contribution in [0.15, 0.2) is 152 Å². The van der Waals surface area contributed by atoms with Gasteiger partial charge in [0.05, 0.1) is 11.0 Å². The highest BCUT2D eigenvalue weighted by molar-refractivity contribution is 7.26. The Morgan fingerprint density at radius 3 is 1.76 bits per heavy atom. The Morgan fingerprint density at radius 2 is 1.02 bits per heavy atom. The first-order chi connectivity index (χ1) is 20.8. The molecule has 7 aromatic carbocycles. The lowest BCUT2D eigenvalue weighted by Gasteiger charge is -2.14. The Hall–Kier alpha value is -5.18. The van der Waals surface area contributed by atoms with Gasteiger partial charge in [0.1, 0.15) is 0 Å². The van der Waals surface area contributed by atoms with Crippen LogP contribution in [-0.4, -0.2) is 4.57 Å². The van der Waals surface area contributed by atoms with Crippen molar-refractivity contribution in [3.05, 3.63) is 152 Å². The van der Waals surface area contributed by atoms with E-state index in [0.29, 0.717) is 0 Å². The molecule has 0 aliphatic heterocycles. The van der Waals surface area contributed by atoms with Crippen molar-refractivity contribution in [2.24, 2.45) is 0 Å². The summed E-state index contributed by atoms with van der Waals surface area (Å²) in [7, 11) is 0. The number of benzene rings is 7. The number of thiophene rings is 1. The molecule has 0 aliphatic rings. The summed E-state index contributed by atoms with van der Waals surface area (Å²) in [5.41, 5.74) is 8.51. The number of hydrogen-bond acceptors (Lipinski definition) is 1. The van der Waals surface area contributed by atoms with Crippen LogP contribution in [0.25, 0.3) is 80.7 Å². The van der Waals surface area contributed by atoms with E-state index < -0.39 is 0 Å². The smallest absolute Gasteiger partial charge is 0.0555 e. The number of fused-ring (bicyclic) bond motifs is 8. The Kier molecular flexibility index (Phi) is 5.13. The molecule has 0 unspecified atom stereocenters. The predicted molar refractivity (Wildman–Crippen MR) is 182 cm³/mol. The molecular formula is C40H25NS. The Labute approximate surface area is 247 Å². The molecule has 196 valence electrons. The van der Waals surface area contributed by atoms with E-state index in [9.17, 15) is 0 Å². The summed E-state index contributed by atoms with van der Waals surface area (Å²) in [5, 5.41) is 7.86.